The molecule has 1 aliphatic rings. The summed E-state index contributed by atoms with van der Waals surface area (Å²) in [5, 5.41) is 13.1. The van der Waals surface area contributed by atoms with Gasteiger partial charge in [0.25, 0.3) is 0 Å². The first kappa shape index (κ1) is 10.1. The Morgan fingerprint density at radius 1 is 1.60 bits per heavy atom. The molecular weight excluding hydrogens is 190 g/mol. The van der Waals surface area contributed by atoms with Gasteiger partial charge in [0.1, 0.15) is 12.2 Å². The maximum Gasteiger partial charge on any atom is 0.140 e. The summed E-state index contributed by atoms with van der Waals surface area (Å²) in [5.74, 6) is 0.928. The fourth-order valence-electron chi connectivity index (χ4n) is 1.97. The lowest BCUT2D eigenvalue weighted by Gasteiger charge is -2.30. The Morgan fingerprint density at radius 2 is 2.47 bits per heavy atom. The summed E-state index contributed by atoms with van der Waals surface area (Å²) in [6.45, 7) is 1.72. The van der Waals surface area contributed by atoms with Crippen LogP contribution in [0.25, 0.3) is 0 Å². The first-order valence-corrected chi connectivity index (χ1v) is 5.28. The number of hydrogen-bond donors (Lipinski definition) is 0. The molecule has 1 aromatic heterocycles. The van der Waals surface area contributed by atoms with E-state index in [0.29, 0.717) is 0 Å². The van der Waals surface area contributed by atoms with E-state index in [1.165, 1.54) is 6.42 Å². The van der Waals surface area contributed by atoms with Crippen molar-refractivity contribution in [3.8, 4) is 6.07 Å². The molecule has 5 nitrogen and oxygen atoms in total. The zero-order valence-corrected chi connectivity index (χ0v) is 8.93. The third kappa shape index (κ3) is 2.16. The lowest BCUT2D eigenvalue weighted by atomic mass is 10.0. The van der Waals surface area contributed by atoms with Gasteiger partial charge < -0.3 is 0 Å². The lowest BCUT2D eigenvalue weighted by molar-refractivity contribution is 0.170. The Morgan fingerprint density at radius 3 is 3.13 bits per heavy atom. The zero-order chi connectivity index (χ0) is 10.7. The Labute approximate surface area is 89.3 Å². The van der Waals surface area contributed by atoms with Gasteiger partial charge in [-0.05, 0) is 25.8 Å². The van der Waals surface area contributed by atoms with E-state index in [-0.39, 0.29) is 6.04 Å². The molecule has 2 rings (SSSR count). The van der Waals surface area contributed by atoms with Crippen LogP contribution in [0.15, 0.2) is 6.33 Å². The van der Waals surface area contributed by atoms with Crippen LogP contribution in [0.2, 0.25) is 0 Å². The van der Waals surface area contributed by atoms with Crippen LogP contribution in [0.1, 0.15) is 25.1 Å². The molecular formula is C10H15N5. The first-order chi connectivity index (χ1) is 7.31. The zero-order valence-electron chi connectivity index (χ0n) is 8.93. The van der Waals surface area contributed by atoms with Gasteiger partial charge in [-0.2, -0.15) is 10.4 Å². The topological polar surface area (TPSA) is 57.7 Å². The summed E-state index contributed by atoms with van der Waals surface area (Å²) >= 11 is 0. The molecule has 15 heavy (non-hydrogen) atoms. The average Bonchev–Trinajstić information content (AvgIpc) is 2.65. The average molecular weight is 205 g/mol. The number of piperidine rings is 1. The molecule has 1 atom stereocenters. The van der Waals surface area contributed by atoms with E-state index < -0.39 is 0 Å². The predicted octanol–water partition coefficient (Wildman–Crippen LogP) is 0.693. The summed E-state index contributed by atoms with van der Waals surface area (Å²) in [6, 6.07) is 2.41. The van der Waals surface area contributed by atoms with Crippen molar-refractivity contribution in [2.24, 2.45) is 7.05 Å². The van der Waals surface area contributed by atoms with Crippen molar-refractivity contribution in [2.45, 2.75) is 31.8 Å². The van der Waals surface area contributed by atoms with Gasteiger partial charge in [-0.3, -0.25) is 9.58 Å². The largest absolute Gasteiger partial charge is 0.281 e. The van der Waals surface area contributed by atoms with E-state index in [0.717, 1.165) is 31.8 Å². The van der Waals surface area contributed by atoms with Gasteiger partial charge in [0.05, 0.1) is 18.7 Å². The third-order valence-electron chi connectivity index (χ3n) is 2.91. The molecule has 0 aromatic carbocycles. The Kier molecular flexibility index (Phi) is 2.97. The van der Waals surface area contributed by atoms with E-state index in [1.807, 2.05) is 7.05 Å². The van der Waals surface area contributed by atoms with Crippen LogP contribution in [-0.2, 0) is 13.6 Å². The van der Waals surface area contributed by atoms with Crippen LogP contribution in [0, 0.1) is 11.3 Å². The second-order valence-corrected chi connectivity index (χ2v) is 3.91. The first-order valence-electron chi connectivity index (χ1n) is 5.28. The Hall–Kier alpha value is -1.41. The molecule has 0 spiro atoms. The minimum Gasteiger partial charge on any atom is -0.281 e. The Balaban J connectivity index is 2.04. The fourth-order valence-corrected chi connectivity index (χ4v) is 1.97. The van der Waals surface area contributed by atoms with Gasteiger partial charge in [0.15, 0.2) is 0 Å². The molecule has 1 fully saturated rings. The Bertz CT molecular complexity index is 364. The van der Waals surface area contributed by atoms with Crippen LogP contribution in [0.3, 0.4) is 0 Å². The molecule has 0 aliphatic carbocycles. The highest BCUT2D eigenvalue weighted by atomic mass is 15.3. The van der Waals surface area contributed by atoms with Crippen molar-refractivity contribution < 1.29 is 0 Å². The maximum absolute atomic E-state index is 9.02. The predicted molar refractivity (Wildman–Crippen MR) is 54.7 cm³/mol. The number of aromatic nitrogens is 3. The highest BCUT2D eigenvalue weighted by Gasteiger charge is 2.22. The molecule has 1 aromatic rings. The maximum atomic E-state index is 9.02. The number of rotatable bonds is 2. The quantitative estimate of drug-likeness (QED) is 0.713. The third-order valence-corrected chi connectivity index (χ3v) is 2.91. The summed E-state index contributed by atoms with van der Waals surface area (Å²) < 4.78 is 1.77. The van der Waals surface area contributed by atoms with Gasteiger partial charge in [0, 0.05) is 7.05 Å². The molecule has 0 amide bonds. The normalized spacial score (nSPS) is 22.5. The second-order valence-electron chi connectivity index (χ2n) is 3.91. The smallest absolute Gasteiger partial charge is 0.140 e. The molecule has 0 saturated carbocycles. The summed E-state index contributed by atoms with van der Waals surface area (Å²) in [6.07, 6.45) is 4.87. The van der Waals surface area contributed by atoms with E-state index in [2.05, 4.69) is 21.1 Å². The van der Waals surface area contributed by atoms with Crippen molar-refractivity contribution in [1.29, 1.82) is 5.26 Å². The van der Waals surface area contributed by atoms with Crippen LogP contribution in [-0.4, -0.2) is 32.3 Å². The summed E-state index contributed by atoms with van der Waals surface area (Å²) in [5.41, 5.74) is 0. The molecule has 1 aliphatic heterocycles. The van der Waals surface area contributed by atoms with E-state index in [4.69, 9.17) is 5.26 Å². The minimum absolute atomic E-state index is 0.0513. The number of likely N-dealkylation sites (tertiary alicyclic amines) is 1. The van der Waals surface area contributed by atoms with E-state index in [1.54, 1.807) is 11.0 Å². The van der Waals surface area contributed by atoms with Crippen molar-refractivity contribution in [2.75, 3.05) is 6.54 Å². The standard InChI is InChI=1S/C10H15N5/c1-14-10(12-8-13-14)7-15-5-3-2-4-9(15)6-11/h8-9H,2-5,7H2,1H3. The van der Waals surface area contributed by atoms with Crippen LogP contribution >= 0.6 is 0 Å². The number of hydrogen-bond acceptors (Lipinski definition) is 4. The fraction of sp³-hybridized carbons (Fsp3) is 0.700. The molecule has 1 saturated heterocycles. The summed E-state index contributed by atoms with van der Waals surface area (Å²) in [4.78, 5) is 6.37. The van der Waals surface area contributed by atoms with Gasteiger partial charge in [0.2, 0.25) is 0 Å². The molecule has 1 unspecified atom stereocenters. The molecule has 5 heteroatoms. The molecule has 0 bridgehead atoms. The monoisotopic (exact) mass is 205 g/mol. The SMILES string of the molecule is Cn1ncnc1CN1CCCCC1C#N. The molecule has 0 radical (unpaired) electrons. The van der Waals surface area contributed by atoms with Crippen molar-refractivity contribution >= 4 is 0 Å². The summed E-state index contributed by atoms with van der Waals surface area (Å²) in [7, 11) is 1.88. The van der Waals surface area contributed by atoms with Gasteiger partial charge in [-0.15, -0.1) is 0 Å². The van der Waals surface area contributed by atoms with Gasteiger partial charge in [-0.1, -0.05) is 0 Å². The molecule has 2 heterocycles. The second kappa shape index (κ2) is 4.41. The number of nitriles is 1. The van der Waals surface area contributed by atoms with Crippen molar-refractivity contribution in [1.82, 2.24) is 19.7 Å². The van der Waals surface area contributed by atoms with Gasteiger partial charge in [-0.25, -0.2) is 4.98 Å². The minimum atomic E-state index is 0.0513. The lowest BCUT2D eigenvalue weighted by Crippen LogP contribution is -2.38. The number of aryl methyl sites for hydroxylation is 1. The van der Waals surface area contributed by atoms with E-state index >= 15 is 0 Å². The highest BCUT2D eigenvalue weighted by Crippen LogP contribution is 2.17. The molecule has 0 N–H and O–H groups in total. The number of nitrogens with zero attached hydrogens (tertiary/aromatic N) is 5. The highest BCUT2D eigenvalue weighted by molar-refractivity contribution is 4.96. The van der Waals surface area contributed by atoms with Gasteiger partial charge >= 0.3 is 0 Å². The van der Waals surface area contributed by atoms with Crippen LogP contribution in [0.4, 0.5) is 0 Å². The van der Waals surface area contributed by atoms with Crippen molar-refractivity contribution in [3.63, 3.8) is 0 Å². The van der Waals surface area contributed by atoms with Crippen LogP contribution < -0.4 is 0 Å². The van der Waals surface area contributed by atoms with E-state index in [9.17, 15) is 0 Å². The van der Waals surface area contributed by atoms with Crippen molar-refractivity contribution in [3.05, 3.63) is 12.2 Å². The molecule has 80 valence electrons. The van der Waals surface area contributed by atoms with Crippen LogP contribution in [0.5, 0.6) is 0 Å².